The summed E-state index contributed by atoms with van der Waals surface area (Å²) in [4.78, 5) is 23.6. The Morgan fingerprint density at radius 3 is 1.27 bits per heavy atom. The molecule has 0 aliphatic heterocycles. The molecule has 2 aromatic rings. The first-order valence-electron chi connectivity index (χ1n) is 11.0. The number of rotatable bonds is 13. The van der Waals surface area contributed by atoms with E-state index in [1.165, 1.54) is 11.1 Å². The van der Waals surface area contributed by atoms with Crippen LogP contribution in [0.25, 0.3) is 0 Å². The third kappa shape index (κ3) is 10.2. The number of aryl methyl sites for hydroxylation is 2. The first kappa shape index (κ1) is 23.7. The van der Waals surface area contributed by atoms with Crippen LogP contribution in [0.15, 0.2) is 48.5 Å². The van der Waals surface area contributed by atoms with Gasteiger partial charge in [0.15, 0.2) is 0 Å². The molecular formula is C26H34O4. The van der Waals surface area contributed by atoms with Gasteiger partial charge in [-0.05, 0) is 37.8 Å². The van der Waals surface area contributed by atoms with Crippen LogP contribution in [-0.2, 0) is 32.3 Å². The van der Waals surface area contributed by atoms with Crippen molar-refractivity contribution in [2.45, 2.75) is 78.4 Å². The fraction of sp³-hybridized carbons (Fsp3) is 0.462. The molecule has 0 aliphatic rings. The highest BCUT2D eigenvalue weighted by atomic mass is 16.5. The van der Waals surface area contributed by atoms with Gasteiger partial charge in [-0.2, -0.15) is 0 Å². The van der Waals surface area contributed by atoms with Gasteiger partial charge in [-0.3, -0.25) is 9.59 Å². The van der Waals surface area contributed by atoms with Crippen molar-refractivity contribution in [3.63, 3.8) is 0 Å². The van der Waals surface area contributed by atoms with Gasteiger partial charge >= 0.3 is 11.9 Å². The predicted octanol–water partition coefficient (Wildman–Crippen LogP) is 6.21. The lowest BCUT2D eigenvalue weighted by atomic mass is 10.1. The number of hydrogen-bond acceptors (Lipinski definition) is 4. The summed E-state index contributed by atoms with van der Waals surface area (Å²) in [5.74, 6) is -0.265. The van der Waals surface area contributed by atoms with Crippen LogP contribution in [0, 0.1) is 13.8 Å². The Balaban J connectivity index is 1.41. The average Bonchev–Trinajstić information content (AvgIpc) is 2.74. The third-order valence-corrected chi connectivity index (χ3v) is 5.05. The van der Waals surface area contributed by atoms with Gasteiger partial charge in [-0.15, -0.1) is 0 Å². The van der Waals surface area contributed by atoms with Crippen LogP contribution in [0.2, 0.25) is 0 Å². The maximum Gasteiger partial charge on any atom is 0.306 e. The number of carbonyl (C=O) groups excluding carboxylic acids is 2. The topological polar surface area (TPSA) is 52.6 Å². The van der Waals surface area contributed by atoms with Crippen LogP contribution >= 0.6 is 0 Å². The number of unbranched alkanes of at least 4 members (excludes halogenated alkanes) is 5. The molecule has 0 aromatic heterocycles. The van der Waals surface area contributed by atoms with Crippen molar-refractivity contribution in [1.29, 1.82) is 0 Å². The van der Waals surface area contributed by atoms with E-state index < -0.39 is 0 Å². The molecular weight excluding hydrogens is 376 g/mol. The molecule has 0 spiro atoms. The normalized spacial score (nSPS) is 10.6. The van der Waals surface area contributed by atoms with Crippen molar-refractivity contribution in [3.05, 3.63) is 70.8 Å². The summed E-state index contributed by atoms with van der Waals surface area (Å²) in [7, 11) is 0. The second kappa shape index (κ2) is 13.6. The van der Waals surface area contributed by atoms with E-state index in [4.69, 9.17) is 9.47 Å². The van der Waals surface area contributed by atoms with Crippen molar-refractivity contribution in [1.82, 2.24) is 0 Å². The van der Waals surface area contributed by atoms with Gasteiger partial charge in [-0.25, -0.2) is 0 Å². The lowest BCUT2D eigenvalue weighted by Crippen LogP contribution is -2.04. The summed E-state index contributed by atoms with van der Waals surface area (Å²) in [6.07, 6.45) is 6.81. The molecule has 30 heavy (non-hydrogen) atoms. The van der Waals surface area contributed by atoms with Gasteiger partial charge in [0.2, 0.25) is 0 Å². The van der Waals surface area contributed by atoms with E-state index >= 15 is 0 Å². The average molecular weight is 411 g/mol. The van der Waals surface area contributed by atoms with Gasteiger partial charge in [0.05, 0.1) is 0 Å². The molecule has 0 saturated heterocycles. The van der Waals surface area contributed by atoms with Gasteiger partial charge in [0.1, 0.15) is 13.2 Å². The van der Waals surface area contributed by atoms with E-state index in [2.05, 4.69) is 0 Å². The molecule has 2 rings (SSSR count). The fourth-order valence-electron chi connectivity index (χ4n) is 3.09. The molecule has 0 atom stereocenters. The van der Waals surface area contributed by atoms with E-state index in [9.17, 15) is 9.59 Å². The lowest BCUT2D eigenvalue weighted by Gasteiger charge is -2.06. The first-order chi connectivity index (χ1) is 14.5. The van der Waals surface area contributed by atoms with Crippen LogP contribution in [0.5, 0.6) is 0 Å². The van der Waals surface area contributed by atoms with E-state index in [-0.39, 0.29) is 11.9 Å². The quantitative estimate of drug-likeness (QED) is 0.291. The number of ether oxygens (including phenoxy) is 2. The smallest absolute Gasteiger partial charge is 0.306 e. The van der Waals surface area contributed by atoms with E-state index in [1.807, 2.05) is 62.4 Å². The molecule has 4 heteroatoms. The number of carbonyl (C=O) groups is 2. The Morgan fingerprint density at radius 2 is 0.900 bits per heavy atom. The van der Waals surface area contributed by atoms with Crippen LogP contribution in [-0.4, -0.2) is 11.9 Å². The zero-order valence-electron chi connectivity index (χ0n) is 18.3. The van der Waals surface area contributed by atoms with Gasteiger partial charge in [-0.1, -0.05) is 85.3 Å². The molecule has 0 unspecified atom stereocenters. The number of benzene rings is 2. The summed E-state index contributed by atoms with van der Waals surface area (Å²) in [6.45, 7) is 4.76. The monoisotopic (exact) mass is 410 g/mol. The maximum atomic E-state index is 11.8. The highest BCUT2D eigenvalue weighted by Crippen LogP contribution is 2.11. The molecule has 0 bridgehead atoms. The molecule has 0 fully saturated rings. The molecule has 0 amide bonds. The predicted molar refractivity (Wildman–Crippen MR) is 119 cm³/mol. The van der Waals surface area contributed by atoms with E-state index in [0.717, 1.165) is 49.7 Å². The molecule has 2 aromatic carbocycles. The van der Waals surface area contributed by atoms with Gasteiger partial charge < -0.3 is 9.47 Å². The van der Waals surface area contributed by atoms with Crippen molar-refractivity contribution in [2.75, 3.05) is 0 Å². The Bertz CT molecular complexity index is 695. The molecule has 0 N–H and O–H groups in total. The fourth-order valence-corrected chi connectivity index (χ4v) is 3.09. The second-order valence-corrected chi connectivity index (χ2v) is 7.91. The summed E-state index contributed by atoms with van der Waals surface area (Å²) < 4.78 is 10.6. The van der Waals surface area contributed by atoms with Crippen molar-refractivity contribution < 1.29 is 19.1 Å². The summed E-state index contributed by atoms with van der Waals surface area (Å²) >= 11 is 0. The molecule has 0 saturated carbocycles. The number of esters is 2. The first-order valence-corrected chi connectivity index (χ1v) is 11.0. The molecule has 0 heterocycles. The Morgan fingerprint density at radius 1 is 0.567 bits per heavy atom. The molecule has 0 aliphatic carbocycles. The minimum Gasteiger partial charge on any atom is -0.461 e. The van der Waals surface area contributed by atoms with Crippen molar-refractivity contribution in [2.24, 2.45) is 0 Å². The number of hydrogen-bond donors (Lipinski definition) is 0. The molecule has 4 nitrogen and oxygen atoms in total. The Labute approximate surface area is 180 Å². The van der Waals surface area contributed by atoms with Crippen LogP contribution in [0.3, 0.4) is 0 Å². The molecule has 0 radical (unpaired) electrons. The van der Waals surface area contributed by atoms with Gasteiger partial charge in [0, 0.05) is 12.8 Å². The second-order valence-electron chi connectivity index (χ2n) is 7.91. The largest absolute Gasteiger partial charge is 0.461 e. The third-order valence-electron chi connectivity index (χ3n) is 5.05. The summed E-state index contributed by atoms with van der Waals surface area (Å²) in [5, 5.41) is 0. The van der Waals surface area contributed by atoms with Crippen molar-refractivity contribution in [3.8, 4) is 0 Å². The summed E-state index contributed by atoms with van der Waals surface area (Å²) in [5.41, 5.74) is 4.44. The standard InChI is InChI=1S/C26H34O4/c1-21-11-15-23(16-12-21)19-29-25(27)9-7-5-3-4-6-8-10-26(28)30-20-24-17-13-22(2)14-18-24/h11-18H,3-10,19-20H2,1-2H3. The van der Waals surface area contributed by atoms with E-state index in [1.54, 1.807) is 0 Å². The van der Waals surface area contributed by atoms with E-state index in [0.29, 0.717) is 26.1 Å². The van der Waals surface area contributed by atoms with Crippen LogP contribution in [0.1, 0.15) is 73.6 Å². The van der Waals surface area contributed by atoms with Crippen LogP contribution < -0.4 is 0 Å². The minimum atomic E-state index is -0.133. The summed E-state index contributed by atoms with van der Waals surface area (Å²) in [6, 6.07) is 16.0. The van der Waals surface area contributed by atoms with Gasteiger partial charge in [0.25, 0.3) is 0 Å². The Hall–Kier alpha value is -2.62. The zero-order chi connectivity index (χ0) is 21.6. The highest BCUT2D eigenvalue weighted by Gasteiger charge is 2.05. The maximum absolute atomic E-state index is 11.8. The molecule has 162 valence electrons. The minimum absolute atomic E-state index is 0.133. The SMILES string of the molecule is Cc1ccc(COC(=O)CCCCCCCCC(=O)OCc2ccc(C)cc2)cc1. The van der Waals surface area contributed by atoms with Crippen LogP contribution in [0.4, 0.5) is 0 Å². The van der Waals surface area contributed by atoms with Crippen molar-refractivity contribution >= 4 is 11.9 Å². The Kier molecular flexibility index (Phi) is 10.7. The highest BCUT2D eigenvalue weighted by molar-refractivity contribution is 5.69. The zero-order valence-corrected chi connectivity index (χ0v) is 18.3. The lowest BCUT2D eigenvalue weighted by molar-refractivity contribution is -0.146.